The molecule has 0 aliphatic heterocycles. The van der Waals surface area contributed by atoms with Gasteiger partial charge < -0.3 is 0 Å². The fourth-order valence-corrected chi connectivity index (χ4v) is 4.74. The van der Waals surface area contributed by atoms with Crippen LogP contribution >= 0.6 is 0 Å². The quantitative estimate of drug-likeness (QED) is 0.807. The van der Waals surface area contributed by atoms with Gasteiger partial charge >= 0.3 is 0 Å². The molecule has 0 heterocycles. The smallest absolute Gasteiger partial charge is 0.282 e. The Morgan fingerprint density at radius 2 is 1.55 bits per heavy atom. The summed E-state index contributed by atoms with van der Waals surface area (Å²) in [4.78, 5) is -1.50. The van der Waals surface area contributed by atoms with Gasteiger partial charge in [-0.15, -0.1) is 0 Å². The summed E-state index contributed by atoms with van der Waals surface area (Å²) in [6.07, 6.45) is 1.66. The van der Waals surface area contributed by atoms with E-state index in [1.165, 1.54) is 18.2 Å². The molecule has 0 atom stereocenters. The first kappa shape index (κ1) is 16.9. The third-order valence-corrected chi connectivity index (χ3v) is 5.40. The molecule has 0 amide bonds. The van der Waals surface area contributed by atoms with E-state index in [4.69, 9.17) is 0 Å². The molecule has 2 aromatic rings. The van der Waals surface area contributed by atoms with Crippen molar-refractivity contribution in [2.45, 2.75) is 36.0 Å². The molecule has 6 nitrogen and oxygen atoms in total. The number of aryl methyl sites for hydroxylation is 1. The molecule has 120 valence electrons. The zero-order chi connectivity index (χ0) is 16.5. The lowest BCUT2D eigenvalue weighted by Crippen LogP contribution is -2.12. The Labute approximate surface area is 129 Å². The fraction of sp³-hybridized carbons (Fsp3) is 0.286. The maximum Gasteiger partial charge on any atom is 0.296 e. The van der Waals surface area contributed by atoms with Gasteiger partial charge in [0.05, 0.1) is 0 Å². The Hall–Kier alpha value is -1.48. The van der Waals surface area contributed by atoms with Gasteiger partial charge in [-0.2, -0.15) is 16.8 Å². The Bertz CT molecular complexity index is 914. The van der Waals surface area contributed by atoms with Gasteiger partial charge in [-0.3, -0.25) is 9.11 Å². The highest BCUT2D eigenvalue weighted by atomic mass is 32.2. The molecule has 0 aromatic heterocycles. The van der Waals surface area contributed by atoms with Crippen LogP contribution in [0.15, 0.2) is 40.1 Å². The Morgan fingerprint density at radius 3 is 2.09 bits per heavy atom. The highest BCUT2D eigenvalue weighted by Crippen LogP contribution is 2.33. The summed E-state index contributed by atoms with van der Waals surface area (Å²) in [6.45, 7) is 1.90. The molecule has 0 aliphatic carbocycles. The van der Waals surface area contributed by atoms with Gasteiger partial charge in [0.15, 0.2) is 0 Å². The van der Waals surface area contributed by atoms with Crippen molar-refractivity contribution >= 4 is 31.0 Å². The van der Waals surface area contributed by atoms with Crippen LogP contribution in [-0.4, -0.2) is 25.9 Å². The van der Waals surface area contributed by atoms with Crippen LogP contribution in [0.2, 0.25) is 0 Å². The topological polar surface area (TPSA) is 109 Å². The van der Waals surface area contributed by atoms with E-state index in [-0.39, 0.29) is 17.4 Å². The lowest BCUT2D eigenvalue weighted by molar-refractivity contribution is 0.466. The first-order valence-corrected chi connectivity index (χ1v) is 9.54. The van der Waals surface area contributed by atoms with Crippen molar-refractivity contribution in [1.29, 1.82) is 0 Å². The average Bonchev–Trinajstić information content (AvgIpc) is 2.41. The van der Waals surface area contributed by atoms with Gasteiger partial charge in [-0.25, -0.2) is 0 Å². The molecule has 22 heavy (non-hydrogen) atoms. The number of unbranched alkanes of at least 4 members (excludes halogenated alkanes) is 1. The molecule has 2 rings (SSSR count). The molecular formula is C14H16O6S2. The molecule has 0 saturated heterocycles. The van der Waals surface area contributed by atoms with Crippen LogP contribution in [0.1, 0.15) is 25.3 Å². The summed E-state index contributed by atoms with van der Waals surface area (Å²) in [5.74, 6) is 0. The number of hydrogen-bond acceptors (Lipinski definition) is 4. The maximum absolute atomic E-state index is 11.7. The van der Waals surface area contributed by atoms with Gasteiger partial charge in [-0.1, -0.05) is 37.6 Å². The van der Waals surface area contributed by atoms with Crippen molar-refractivity contribution in [3.05, 3.63) is 35.9 Å². The second kappa shape index (κ2) is 5.96. The molecule has 2 aromatic carbocycles. The molecule has 0 fully saturated rings. The van der Waals surface area contributed by atoms with E-state index in [1.807, 2.05) is 6.92 Å². The van der Waals surface area contributed by atoms with E-state index in [9.17, 15) is 25.9 Å². The van der Waals surface area contributed by atoms with Gasteiger partial charge in [0.25, 0.3) is 20.2 Å². The Balaban J connectivity index is 3.01. The van der Waals surface area contributed by atoms with Crippen LogP contribution in [0, 0.1) is 0 Å². The van der Waals surface area contributed by atoms with Crippen LogP contribution in [0.5, 0.6) is 0 Å². The fourth-order valence-electron chi connectivity index (χ4n) is 2.44. The number of rotatable bonds is 5. The lowest BCUT2D eigenvalue weighted by Gasteiger charge is -2.14. The van der Waals surface area contributed by atoms with Crippen LogP contribution in [0.3, 0.4) is 0 Å². The lowest BCUT2D eigenvalue weighted by atomic mass is 10.0. The van der Waals surface area contributed by atoms with Crippen molar-refractivity contribution in [3.8, 4) is 0 Å². The summed E-state index contributed by atoms with van der Waals surface area (Å²) in [5.41, 5.74) is 0.177. The highest BCUT2D eigenvalue weighted by molar-refractivity contribution is 7.89. The summed E-state index contributed by atoms with van der Waals surface area (Å²) in [5, 5.41) is 0.534. The Morgan fingerprint density at radius 1 is 0.955 bits per heavy atom. The highest BCUT2D eigenvalue weighted by Gasteiger charge is 2.29. The second-order valence-corrected chi connectivity index (χ2v) is 7.69. The largest absolute Gasteiger partial charge is 0.296 e. The number of fused-ring (bicyclic) bond motifs is 1. The molecule has 8 heteroatoms. The summed E-state index contributed by atoms with van der Waals surface area (Å²) < 4.78 is 65.8. The van der Waals surface area contributed by atoms with Crippen molar-refractivity contribution in [1.82, 2.24) is 0 Å². The normalized spacial score (nSPS) is 12.7. The molecular weight excluding hydrogens is 328 g/mol. The van der Waals surface area contributed by atoms with Gasteiger partial charge in [0.1, 0.15) is 9.79 Å². The van der Waals surface area contributed by atoms with Crippen LogP contribution in [0.25, 0.3) is 10.8 Å². The van der Waals surface area contributed by atoms with Crippen LogP contribution < -0.4 is 0 Å². The predicted molar refractivity (Wildman–Crippen MR) is 82.2 cm³/mol. The summed E-state index contributed by atoms with van der Waals surface area (Å²) >= 11 is 0. The monoisotopic (exact) mass is 344 g/mol. The molecule has 0 unspecified atom stereocenters. The summed E-state index contributed by atoms with van der Waals surface area (Å²) in [7, 11) is -9.64. The first-order valence-electron chi connectivity index (χ1n) is 6.66. The van der Waals surface area contributed by atoms with Gasteiger partial charge in [-0.05, 0) is 29.9 Å². The average molecular weight is 344 g/mol. The van der Waals surface area contributed by atoms with E-state index < -0.39 is 30.0 Å². The summed E-state index contributed by atoms with van der Waals surface area (Å²) in [6, 6.07) is 7.73. The third-order valence-electron chi connectivity index (χ3n) is 3.35. The molecule has 0 saturated carbocycles. The van der Waals surface area contributed by atoms with Crippen molar-refractivity contribution in [2.75, 3.05) is 0 Å². The zero-order valence-electron chi connectivity index (χ0n) is 11.9. The van der Waals surface area contributed by atoms with Crippen molar-refractivity contribution < 1.29 is 25.9 Å². The van der Waals surface area contributed by atoms with Crippen molar-refractivity contribution in [3.63, 3.8) is 0 Å². The van der Waals surface area contributed by atoms with Crippen molar-refractivity contribution in [2.24, 2.45) is 0 Å². The standard InChI is InChI=1S/C14H16O6S2/c1-2-3-6-11-9-10-7-4-5-8-12(10)14(22(18,19)20)13(11)21(15,16)17/h4-5,7-9H,2-3,6H2,1H3,(H,15,16,17)(H,18,19,20). The van der Waals surface area contributed by atoms with Crippen LogP contribution in [0.4, 0.5) is 0 Å². The van der Waals surface area contributed by atoms with E-state index in [0.29, 0.717) is 11.8 Å². The Kier molecular flexibility index (Phi) is 4.57. The minimum atomic E-state index is -4.83. The van der Waals surface area contributed by atoms with E-state index in [1.54, 1.807) is 12.1 Å². The van der Waals surface area contributed by atoms with Gasteiger partial charge in [0.2, 0.25) is 0 Å². The molecule has 0 spiro atoms. The van der Waals surface area contributed by atoms with Crippen LogP contribution in [-0.2, 0) is 26.7 Å². The van der Waals surface area contributed by atoms with E-state index >= 15 is 0 Å². The molecule has 0 radical (unpaired) electrons. The number of benzene rings is 2. The first-order chi connectivity index (χ1) is 10.2. The second-order valence-electron chi connectivity index (χ2n) is 4.97. The third kappa shape index (κ3) is 3.30. The maximum atomic E-state index is 11.7. The molecule has 0 aliphatic rings. The number of hydrogen-bond donors (Lipinski definition) is 2. The molecule has 0 bridgehead atoms. The van der Waals surface area contributed by atoms with Gasteiger partial charge in [0, 0.05) is 5.39 Å². The minimum absolute atomic E-state index is 0.0536. The molecule has 2 N–H and O–H groups in total. The SMILES string of the molecule is CCCCc1cc2ccccc2c(S(=O)(=O)O)c1S(=O)(=O)O. The minimum Gasteiger partial charge on any atom is -0.282 e. The van der Waals surface area contributed by atoms with E-state index in [2.05, 4.69) is 0 Å². The zero-order valence-corrected chi connectivity index (χ0v) is 13.5. The predicted octanol–water partition coefficient (Wildman–Crippen LogP) is 2.68. The van der Waals surface area contributed by atoms with E-state index in [0.717, 1.165) is 6.42 Å².